The van der Waals surface area contributed by atoms with Crippen LogP contribution in [0.5, 0.6) is 0 Å². The number of fused-ring (bicyclic) bond motifs is 11. The van der Waals surface area contributed by atoms with E-state index in [1.54, 1.807) is 0 Å². The summed E-state index contributed by atoms with van der Waals surface area (Å²) in [6.45, 7) is 0. The molecule has 4 heteroatoms. The van der Waals surface area contributed by atoms with E-state index in [0.29, 0.717) is 0 Å². The third kappa shape index (κ3) is 3.42. The molecule has 1 unspecified atom stereocenters. The third-order valence-corrected chi connectivity index (χ3v) is 11.4. The van der Waals surface area contributed by atoms with Crippen LogP contribution >= 0.6 is 23.1 Å². The molecule has 0 fully saturated rings. The molecule has 7 aromatic carbocycles. The Bertz CT molecular complexity index is 2570. The largest absolute Gasteiger partial charge is 0.368 e. The van der Waals surface area contributed by atoms with E-state index >= 15 is 0 Å². The summed E-state index contributed by atoms with van der Waals surface area (Å²) in [4.78, 5) is 1.37. The molecule has 2 nitrogen and oxygen atoms in total. The molecule has 2 aromatic heterocycles. The third-order valence-electron chi connectivity index (χ3n) is 8.99. The van der Waals surface area contributed by atoms with Crippen LogP contribution in [0.2, 0.25) is 0 Å². The van der Waals surface area contributed by atoms with Crippen LogP contribution in [0.4, 0.5) is 5.69 Å². The van der Waals surface area contributed by atoms with Crippen LogP contribution in [-0.2, 0) is 0 Å². The number of aromatic nitrogens is 1. The van der Waals surface area contributed by atoms with E-state index in [9.17, 15) is 0 Å². The first kappa shape index (κ1) is 23.8. The van der Waals surface area contributed by atoms with Crippen LogP contribution in [0.3, 0.4) is 0 Å². The smallest absolute Gasteiger partial charge is 0.103 e. The maximum absolute atomic E-state index is 3.81. The van der Waals surface area contributed by atoms with Crippen molar-refractivity contribution in [2.24, 2.45) is 0 Å². The molecule has 0 saturated carbocycles. The Hall–Kier alpha value is -4.77. The van der Waals surface area contributed by atoms with E-state index in [-0.39, 0.29) is 5.37 Å². The van der Waals surface area contributed by atoms with Gasteiger partial charge in [-0.15, -0.1) is 11.3 Å². The first-order valence-corrected chi connectivity index (χ1v) is 16.3. The molecule has 0 radical (unpaired) electrons. The van der Waals surface area contributed by atoms with Crippen molar-refractivity contribution in [2.45, 2.75) is 10.3 Å². The standard InChI is InChI=1S/C39H24N2S2/c1-2-9-26-22-33-30(21-25(26)8-1)36-28-10-4-3-7-23(28)15-19-32(36)41(33)27-16-13-24(14-17-27)39-40-31-18-20-35-37(38(31)43-39)29-11-5-6-12-34(29)42-35/h1-22,39-40H. The van der Waals surface area contributed by atoms with Gasteiger partial charge in [-0.25, -0.2) is 0 Å². The van der Waals surface area contributed by atoms with Crippen molar-refractivity contribution in [3.63, 3.8) is 0 Å². The fourth-order valence-electron chi connectivity index (χ4n) is 7.01. The molecule has 0 spiro atoms. The normalized spacial score (nSPS) is 14.8. The number of thioether (sulfide) groups is 1. The summed E-state index contributed by atoms with van der Waals surface area (Å²) in [5.41, 5.74) is 6.18. The van der Waals surface area contributed by atoms with E-state index < -0.39 is 0 Å². The average molecular weight is 585 g/mol. The van der Waals surface area contributed by atoms with Gasteiger partial charge in [-0.05, 0) is 75.6 Å². The predicted molar refractivity (Wildman–Crippen MR) is 187 cm³/mol. The molecule has 0 aliphatic carbocycles. The highest BCUT2D eigenvalue weighted by Crippen LogP contribution is 2.52. The van der Waals surface area contributed by atoms with Gasteiger partial charge in [0.1, 0.15) is 5.37 Å². The SMILES string of the molecule is c1ccc2cc3c(cc2c1)c1c2ccccc2ccc1n3-c1ccc(C2Nc3ccc4sc5ccccc5c4c3S2)cc1. The van der Waals surface area contributed by atoms with Crippen LogP contribution in [0.25, 0.3) is 69.2 Å². The Morgan fingerprint density at radius 1 is 0.535 bits per heavy atom. The average Bonchev–Trinajstić information content (AvgIpc) is 3.75. The minimum absolute atomic E-state index is 0.180. The number of nitrogens with zero attached hydrogens (tertiary/aromatic N) is 1. The summed E-state index contributed by atoms with van der Waals surface area (Å²) >= 11 is 3.82. The van der Waals surface area contributed by atoms with Crippen LogP contribution < -0.4 is 5.32 Å². The first-order valence-electron chi connectivity index (χ1n) is 14.6. The summed E-state index contributed by atoms with van der Waals surface area (Å²) in [5.74, 6) is 0. The molecular formula is C39H24N2S2. The van der Waals surface area contributed by atoms with Crippen molar-refractivity contribution in [1.82, 2.24) is 4.57 Å². The van der Waals surface area contributed by atoms with Gasteiger partial charge >= 0.3 is 0 Å². The second-order valence-electron chi connectivity index (χ2n) is 11.4. The minimum atomic E-state index is 0.180. The molecule has 43 heavy (non-hydrogen) atoms. The molecule has 1 atom stereocenters. The first-order chi connectivity index (χ1) is 21.3. The highest BCUT2D eigenvalue weighted by Gasteiger charge is 2.26. The van der Waals surface area contributed by atoms with Gasteiger partial charge in [-0.3, -0.25) is 0 Å². The molecule has 202 valence electrons. The Balaban J connectivity index is 1.11. The lowest BCUT2D eigenvalue weighted by Gasteiger charge is -2.13. The van der Waals surface area contributed by atoms with Gasteiger partial charge in [-0.2, -0.15) is 0 Å². The topological polar surface area (TPSA) is 17.0 Å². The van der Waals surface area contributed by atoms with Gasteiger partial charge in [0.2, 0.25) is 0 Å². The van der Waals surface area contributed by atoms with Gasteiger partial charge in [0, 0.05) is 47.2 Å². The molecule has 1 N–H and O–H groups in total. The number of hydrogen-bond donors (Lipinski definition) is 1. The van der Waals surface area contributed by atoms with E-state index in [0.717, 1.165) is 0 Å². The number of nitrogens with one attached hydrogen (secondary N) is 1. The maximum Gasteiger partial charge on any atom is 0.103 e. The zero-order valence-electron chi connectivity index (χ0n) is 23.0. The Kier molecular flexibility index (Phi) is 4.90. The van der Waals surface area contributed by atoms with E-state index in [4.69, 9.17) is 0 Å². The maximum atomic E-state index is 3.81. The molecule has 1 aliphatic heterocycles. The van der Waals surface area contributed by atoms with Crippen molar-refractivity contribution in [2.75, 3.05) is 5.32 Å². The molecule has 10 rings (SSSR count). The molecule has 0 saturated heterocycles. The van der Waals surface area contributed by atoms with E-state index in [2.05, 4.69) is 143 Å². The summed E-state index contributed by atoms with van der Waals surface area (Å²) in [7, 11) is 0. The fraction of sp³-hybridized carbons (Fsp3) is 0.0256. The van der Waals surface area contributed by atoms with Crippen molar-refractivity contribution in [3.8, 4) is 5.69 Å². The lowest BCUT2D eigenvalue weighted by molar-refractivity contribution is 1.12. The highest BCUT2D eigenvalue weighted by atomic mass is 32.2. The Morgan fingerprint density at radius 2 is 1.28 bits per heavy atom. The molecule has 3 heterocycles. The van der Waals surface area contributed by atoms with Crippen molar-refractivity contribution in [3.05, 3.63) is 139 Å². The molecular weight excluding hydrogens is 561 g/mol. The number of benzene rings is 7. The predicted octanol–water partition coefficient (Wildman–Crippen LogP) is 11.7. The van der Waals surface area contributed by atoms with Gasteiger partial charge < -0.3 is 9.88 Å². The number of hydrogen-bond acceptors (Lipinski definition) is 3. The number of thiophene rings is 1. The van der Waals surface area contributed by atoms with Crippen molar-refractivity contribution >= 4 is 92.3 Å². The summed E-state index contributed by atoms with van der Waals surface area (Å²) < 4.78 is 5.15. The van der Waals surface area contributed by atoms with Crippen LogP contribution in [0.1, 0.15) is 10.9 Å². The second kappa shape index (κ2) is 8.87. The lowest BCUT2D eigenvalue weighted by atomic mass is 10.0. The van der Waals surface area contributed by atoms with Gasteiger partial charge in [-0.1, -0.05) is 96.7 Å². The quantitative estimate of drug-likeness (QED) is 0.218. The van der Waals surface area contributed by atoms with Crippen molar-refractivity contribution in [1.29, 1.82) is 0 Å². The summed E-state index contributed by atoms with van der Waals surface area (Å²) in [6, 6.07) is 49.2. The lowest BCUT2D eigenvalue weighted by Crippen LogP contribution is -2.01. The van der Waals surface area contributed by atoms with Crippen molar-refractivity contribution < 1.29 is 0 Å². The van der Waals surface area contributed by atoms with Gasteiger partial charge in [0.15, 0.2) is 0 Å². The molecule has 9 aromatic rings. The van der Waals surface area contributed by atoms with Crippen LogP contribution in [0.15, 0.2) is 138 Å². The zero-order chi connectivity index (χ0) is 28.1. The minimum Gasteiger partial charge on any atom is -0.368 e. The highest BCUT2D eigenvalue weighted by molar-refractivity contribution is 8.00. The van der Waals surface area contributed by atoms with Crippen LogP contribution in [-0.4, -0.2) is 4.57 Å². The summed E-state index contributed by atoms with van der Waals surface area (Å²) in [5, 5.41) is 14.5. The fourth-order valence-corrected chi connectivity index (χ4v) is 9.50. The van der Waals surface area contributed by atoms with E-state index in [1.807, 2.05) is 23.1 Å². The molecule has 0 bridgehead atoms. The Morgan fingerprint density at radius 3 is 2.14 bits per heavy atom. The monoisotopic (exact) mass is 584 g/mol. The molecule has 1 aliphatic rings. The summed E-state index contributed by atoms with van der Waals surface area (Å²) in [6.07, 6.45) is 0. The van der Waals surface area contributed by atoms with Gasteiger partial charge in [0.25, 0.3) is 0 Å². The zero-order valence-corrected chi connectivity index (χ0v) is 24.7. The Labute approximate surface area is 256 Å². The molecule has 0 amide bonds. The van der Waals surface area contributed by atoms with Gasteiger partial charge in [0.05, 0.1) is 11.0 Å². The van der Waals surface area contributed by atoms with E-state index in [1.165, 1.54) is 85.4 Å². The van der Waals surface area contributed by atoms with Crippen LogP contribution in [0, 0.1) is 0 Å². The number of anilines is 1. The second-order valence-corrected chi connectivity index (χ2v) is 13.6. The number of rotatable bonds is 2.